The second-order valence-corrected chi connectivity index (χ2v) is 11.2. The van der Waals surface area contributed by atoms with Gasteiger partial charge in [0.2, 0.25) is 11.8 Å². The summed E-state index contributed by atoms with van der Waals surface area (Å²) in [6.07, 6.45) is 0. The summed E-state index contributed by atoms with van der Waals surface area (Å²) in [6.45, 7) is 2.65. The van der Waals surface area contributed by atoms with Gasteiger partial charge in [0.15, 0.2) is 0 Å². The predicted molar refractivity (Wildman–Crippen MR) is 189 cm³/mol. The number of amides is 2. The summed E-state index contributed by atoms with van der Waals surface area (Å²) >= 11 is 0. The molecule has 0 spiro atoms. The molecule has 0 heterocycles. The number of fused-ring (bicyclic) bond motifs is 2. The minimum atomic E-state index is -0.662. The van der Waals surface area contributed by atoms with Crippen molar-refractivity contribution in [2.45, 2.75) is 13.8 Å². The van der Waals surface area contributed by atoms with Crippen LogP contribution in [0.3, 0.4) is 0 Å². The van der Waals surface area contributed by atoms with E-state index in [0.29, 0.717) is 32.9 Å². The fourth-order valence-electron chi connectivity index (χ4n) is 5.07. The molecule has 0 bridgehead atoms. The van der Waals surface area contributed by atoms with Crippen LogP contribution < -0.4 is 60.6 Å². The van der Waals surface area contributed by atoms with E-state index in [-0.39, 0.29) is 92.9 Å². The average Bonchev–Trinajstić information content (AvgIpc) is 3.12. The molecule has 56 heavy (non-hydrogen) atoms. The summed E-state index contributed by atoms with van der Waals surface area (Å²) in [7, 11) is 0. The zero-order chi connectivity index (χ0) is 39.1. The molecule has 18 nitrogen and oxygen atoms in total. The number of benzene rings is 6. The van der Waals surface area contributed by atoms with Gasteiger partial charge < -0.3 is 31.1 Å². The molecule has 6 aromatic rings. The van der Waals surface area contributed by atoms with Crippen LogP contribution in [0, 0.1) is 20.2 Å². The zero-order valence-electron chi connectivity index (χ0n) is 29.4. The molecule has 1 radical (unpaired) electrons. The summed E-state index contributed by atoms with van der Waals surface area (Å²) in [4.78, 5) is 43.2. The van der Waals surface area contributed by atoms with Gasteiger partial charge in [-0.3, -0.25) is 29.8 Å². The van der Waals surface area contributed by atoms with Crippen LogP contribution in [0.25, 0.3) is 21.5 Å². The maximum absolute atomic E-state index is 12.3. The molecule has 6 rings (SSSR count). The third-order valence-corrected chi connectivity index (χ3v) is 7.41. The molecule has 0 unspecified atom stereocenters. The van der Waals surface area contributed by atoms with Gasteiger partial charge in [-0.1, -0.05) is 83.7 Å². The first kappa shape index (κ1) is 43.9. The number of azo groups is 2. The number of non-ortho nitro benzene ring substituents is 2. The molecule has 2 N–H and O–H groups in total. The molecule has 0 aromatic heterocycles. The number of nitrogens with zero attached hydrogens (tertiary/aromatic N) is 6. The number of hydrogen-bond acceptors (Lipinski definition) is 14. The van der Waals surface area contributed by atoms with Crippen LogP contribution in [0.4, 0.5) is 45.5 Å². The number of rotatable bonds is 8. The number of hydrogen-bond donors (Lipinski definition) is 2. The number of nitrogens with one attached hydrogen (secondary N) is 2. The number of carbonyl (C=O) groups excluding carboxylic acids is 2. The molecular weight excluding hydrogens is 779 g/mol. The molecule has 0 saturated heterocycles. The van der Waals surface area contributed by atoms with Crippen molar-refractivity contribution in [1.82, 2.24) is 0 Å². The maximum atomic E-state index is 12.3. The van der Waals surface area contributed by atoms with Crippen LogP contribution in [0.15, 0.2) is 118 Å². The van der Waals surface area contributed by atoms with Crippen molar-refractivity contribution in [1.29, 1.82) is 0 Å². The third kappa shape index (κ3) is 10.4. The minimum absolute atomic E-state index is 0. The van der Waals surface area contributed by atoms with Crippen LogP contribution in [-0.4, -0.2) is 21.7 Å². The molecule has 0 fully saturated rings. The number of nitro benzene ring substituents is 2. The van der Waals surface area contributed by atoms with E-state index in [1.54, 1.807) is 48.5 Å². The maximum Gasteiger partial charge on any atom is 3.00 e. The number of anilines is 2. The van der Waals surface area contributed by atoms with Crippen molar-refractivity contribution < 1.29 is 86.8 Å². The summed E-state index contributed by atoms with van der Waals surface area (Å²) < 4.78 is 0. The fourth-order valence-corrected chi connectivity index (χ4v) is 5.07. The summed E-state index contributed by atoms with van der Waals surface area (Å²) in [5, 5.41) is 92.5. The van der Waals surface area contributed by atoms with Crippen LogP contribution in [0.2, 0.25) is 0 Å². The Kier molecular flexibility index (Phi) is 15.1. The summed E-state index contributed by atoms with van der Waals surface area (Å²) in [5.41, 5.74) is -0.590. The summed E-state index contributed by atoms with van der Waals surface area (Å²) in [5.74, 6) is -2.74. The van der Waals surface area contributed by atoms with Crippen molar-refractivity contribution >= 4 is 78.9 Å². The molecule has 6 aromatic carbocycles. The molecule has 0 saturated carbocycles. The van der Waals surface area contributed by atoms with Gasteiger partial charge in [0.05, 0.1) is 44.0 Å². The Bertz CT molecular complexity index is 2380. The van der Waals surface area contributed by atoms with Gasteiger partial charge in [-0.25, -0.2) is 0 Å². The van der Waals surface area contributed by atoms with Crippen molar-refractivity contribution in [3.63, 3.8) is 0 Å². The van der Waals surface area contributed by atoms with E-state index >= 15 is 0 Å². The van der Waals surface area contributed by atoms with Gasteiger partial charge in [-0.05, 0) is 22.9 Å². The van der Waals surface area contributed by atoms with E-state index in [1.165, 1.54) is 26.0 Å². The van der Waals surface area contributed by atoms with E-state index in [9.17, 15) is 50.2 Å². The Morgan fingerprint density at radius 3 is 1.23 bits per heavy atom. The van der Waals surface area contributed by atoms with Gasteiger partial charge in [-0.15, -0.1) is 0 Å². The normalized spacial score (nSPS) is 10.6. The molecule has 2 amide bonds. The Hall–Kier alpha value is -6.49. The molecule has 20 heteroatoms. The monoisotopic (exact) mass is 803 g/mol. The SMILES string of the molecule is CC(=O)Nc1cccc2ccc([O-])c(N=Nc3cc([N+](=O)[O-])ccc3[O-])c12.CC(=O)Nc1cccc2ccc([O-])c(N=Nc3cc([N+](=O)[O-])ccc3[O-])c12.[Cr+3].[Na+]. The van der Waals surface area contributed by atoms with Gasteiger partial charge in [0.1, 0.15) is 0 Å². The van der Waals surface area contributed by atoms with Gasteiger partial charge in [-0.2, -0.15) is 20.5 Å². The first-order chi connectivity index (χ1) is 25.7. The molecule has 0 atom stereocenters. The molecule has 0 aliphatic heterocycles. The first-order valence-electron chi connectivity index (χ1n) is 15.5. The van der Waals surface area contributed by atoms with Crippen molar-refractivity contribution in [3.05, 3.63) is 117 Å². The predicted octanol–water partition coefficient (Wildman–Crippen LogP) is 3.54. The second kappa shape index (κ2) is 19.2. The Balaban J connectivity index is 0.000000290. The zero-order valence-corrected chi connectivity index (χ0v) is 32.7. The molecular formula is C36H24CrN8NaO10. The van der Waals surface area contributed by atoms with Gasteiger partial charge in [0.25, 0.3) is 11.4 Å². The van der Waals surface area contributed by atoms with E-state index in [2.05, 4.69) is 31.1 Å². The number of carbonyl (C=O) groups is 2. The summed E-state index contributed by atoms with van der Waals surface area (Å²) in [6, 6.07) is 21.9. The quantitative estimate of drug-likeness (QED) is 0.0976. The second-order valence-electron chi connectivity index (χ2n) is 11.2. The topological polar surface area (TPSA) is 286 Å². The fraction of sp³-hybridized carbons (Fsp3) is 0.0556. The van der Waals surface area contributed by atoms with Gasteiger partial charge in [0, 0.05) is 48.9 Å². The largest absolute Gasteiger partial charge is 3.00 e. The van der Waals surface area contributed by atoms with Crippen LogP contribution >= 0.6 is 0 Å². The first-order valence-corrected chi connectivity index (χ1v) is 15.5. The molecule has 0 aliphatic rings. The van der Waals surface area contributed by atoms with Crippen molar-refractivity contribution in [2.24, 2.45) is 20.5 Å². The molecule has 275 valence electrons. The van der Waals surface area contributed by atoms with E-state index in [4.69, 9.17) is 0 Å². The van der Waals surface area contributed by atoms with Crippen LogP contribution in [0.5, 0.6) is 23.0 Å². The smallest absolute Gasteiger partial charge is 0.871 e. The standard InChI is InChI=1S/2C18H14N4O5.Cr.Na/c2*1-10(23)19-13-4-2-3-11-5-7-16(25)18(17(11)13)21-20-14-9-12(22(26)27)6-8-15(14)24;;/h2*2-9,24-25H,1H3,(H,19,23);;/q;;+3;+1/p-4. The third-order valence-electron chi connectivity index (χ3n) is 7.41. The number of nitro groups is 2. The minimum Gasteiger partial charge on any atom is -0.871 e. The van der Waals surface area contributed by atoms with E-state index in [0.717, 1.165) is 36.4 Å². The van der Waals surface area contributed by atoms with Crippen molar-refractivity contribution in [3.8, 4) is 23.0 Å². The van der Waals surface area contributed by atoms with Crippen LogP contribution in [0.1, 0.15) is 13.8 Å². The van der Waals surface area contributed by atoms with E-state index in [1.807, 2.05) is 0 Å². The Morgan fingerprint density at radius 1 is 0.536 bits per heavy atom. The Labute approximate surface area is 349 Å². The average molecular weight is 804 g/mol. The van der Waals surface area contributed by atoms with Gasteiger partial charge >= 0.3 is 46.9 Å². The molecule has 0 aliphatic carbocycles. The van der Waals surface area contributed by atoms with E-state index < -0.39 is 32.8 Å². The van der Waals surface area contributed by atoms with Crippen LogP contribution in [-0.2, 0) is 27.0 Å². The van der Waals surface area contributed by atoms with Crippen molar-refractivity contribution in [2.75, 3.05) is 10.6 Å². The Morgan fingerprint density at radius 2 is 0.893 bits per heavy atom.